The summed E-state index contributed by atoms with van der Waals surface area (Å²) in [7, 11) is 5.37. The maximum atomic E-state index is 12.4. The number of piperidine rings is 1. The van der Waals surface area contributed by atoms with E-state index < -0.39 is 0 Å². The van der Waals surface area contributed by atoms with Crippen LogP contribution in [0.15, 0.2) is 30.3 Å². The van der Waals surface area contributed by atoms with E-state index in [2.05, 4.69) is 20.9 Å². The highest BCUT2D eigenvalue weighted by Gasteiger charge is 2.19. The molecular formula is C21H30N6O2. The number of ether oxygens (including phenoxy) is 1. The number of nitrogens with one attached hydrogen (secondary N) is 3. The molecule has 0 spiro atoms. The Labute approximate surface area is 172 Å². The van der Waals surface area contributed by atoms with E-state index in [1.165, 1.54) is 0 Å². The molecule has 0 aliphatic carbocycles. The van der Waals surface area contributed by atoms with E-state index in [0.29, 0.717) is 12.5 Å². The highest BCUT2D eigenvalue weighted by atomic mass is 16.5. The summed E-state index contributed by atoms with van der Waals surface area (Å²) in [6, 6.07) is 9.30. The van der Waals surface area contributed by atoms with E-state index in [-0.39, 0.29) is 12.5 Å². The molecule has 1 aromatic heterocycles. The number of benzene rings is 1. The lowest BCUT2D eigenvalue weighted by atomic mass is 9.96. The average molecular weight is 399 g/mol. The Kier molecular flexibility index (Phi) is 7.37. The molecule has 0 radical (unpaired) electrons. The summed E-state index contributed by atoms with van der Waals surface area (Å²) in [5.74, 6) is 2.61. The molecule has 29 heavy (non-hydrogen) atoms. The van der Waals surface area contributed by atoms with Gasteiger partial charge in [-0.3, -0.25) is 9.69 Å². The van der Waals surface area contributed by atoms with Gasteiger partial charge in [0.1, 0.15) is 17.4 Å². The highest BCUT2D eigenvalue weighted by Crippen LogP contribution is 2.23. The van der Waals surface area contributed by atoms with Gasteiger partial charge < -0.3 is 20.7 Å². The summed E-state index contributed by atoms with van der Waals surface area (Å²) in [5.41, 5.74) is 1.80. The number of carbonyl (C=O) groups excluding carboxylic acids is 1. The van der Waals surface area contributed by atoms with Crippen LogP contribution in [0.2, 0.25) is 0 Å². The zero-order valence-corrected chi connectivity index (χ0v) is 17.4. The summed E-state index contributed by atoms with van der Waals surface area (Å²) in [6.45, 7) is 2.76. The SMILES string of the molecule is CNc1cc(C2CCCNC2)nc(CN(C)CC(=O)Nc2ccc(OC)cc2)n1. The fourth-order valence-electron chi connectivity index (χ4n) is 3.45. The number of carbonyl (C=O) groups is 1. The van der Waals surface area contributed by atoms with Gasteiger partial charge in [0.2, 0.25) is 5.91 Å². The Morgan fingerprint density at radius 3 is 2.76 bits per heavy atom. The quantitative estimate of drug-likeness (QED) is 0.627. The van der Waals surface area contributed by atoms with Gasteiger partial charge >= 0.3 is 0 Å². The van der Waals surface area contributed by atoms with E-state index >= 15 is 0 Å². The normalized spacial score (nSPS) is 16.5. The molecule has 1 atom stereocenters. The number of nitrogens with zero attached hydrogens (tertiary/aromatic N) is 3. The van der Waals surface area contributed by atoms with Crippen LogP contribution in [0.3, 0.4) is 0 Å². The van der Waals surface area contributed by atoms with E-state index in [9.17, 15) is 4.79 Å². The average Bonchev–Trinajstić information content (AvgIpc) is 2.74. The molecule has 2 heterocycles. The first-order chi connectivity index (χ1) is 14.1. The van der Waals surface area contributed by atoms with Gasteiger partial charge in [-0.05, 0) is 50.7 Å². The first-order valence-electron chi connectivity index (χ1n) is 9.96. The molecule has 1 aliphatic heterocycles. The van der Waals surface area contributed by atoms with E-state index in [1.54, 1.807) is 7.11 Å². The van der Waals surface area contributed by atoms with E-state index in [4.69, 9.17) is 9.72 Å². The van der Waals surface area contributed by atoms with Crippen molar-refractivity contribution >= 4 is 17.4 Å². The van der Waals surface area contributed by atoms with Crippen molar-refractivity contribution in [3.05, 3.63) is 41.9 Å². The Morgan fingerprint density at radius 1 is 1.31 bits per heavy atom. The van der Waals surface area contributed by atoms with Crippen LogP contribution in [0, 0.1) is 0 Å². The molecule has 0 saturated carbocycles. The third-order valence-corrected chi connectivity index (χ3v) is 4.96. The summed E-state index contributed by atoms with van der Waals surface area (Å²) >= 11 is 0. The minimum absolute atomic E-state index is 0.0841. The van der Waals surface area contributed by atoms with Crippen LogP contribution in [0.5, 0.6) is 5.75 Å². The number of aromatic nitrogens is 2. The fourth-order valence-corrected chi connectivity index (χ4v) is 3.45. The van der Waals surface area contributed by atoms with Crippen molar-refractivity contribution in [1.29, 1.82) is 0 Å². The summed E-state index contributed by atoms with van der Waals surface area (Å²) in [6.07, 6.45) is 2.29. The molecular weight excluding hydrogens is 368 g/mol. The molecule has 156 valence electrons. The number of hydrogen-bond acceptors (Lipinski definition) is 7. The first-order valence-corrected chi connectivity index (χ1v) is 9.96. The van der Waals surface area contributed by atoms with E-state index in [1.807, 2.05) is 49.3 Å². The van der Waals surface area contributed by atoms with Crippen LogP contribution in [0.1, 0.15) is 30.3 Å². The van der Waals surface area contributed by atoms with Crippen molar-refractivity contribution in [3.8, 4) is 5.75 Å². The molecule has 0 bridgehead atoms. The predicted molar refractivity (Wildman–Crippen MR) is 114 cm³/mol. The van der Waals surface area contributed by atoms with Gasteiger partial charge in [0, 0.05) is 31.3 Å². The van der Waals surface area contributed by atoms with Crippen LogP contribution < -0.4 is 20.7 Å². The number of likely N-dealkylation sites (N-methyl/N-ethyl adjacent to an activating group) is 1. The van der Waals surface area contributed by atoms with Crippen LogP contribution >= 0.6 is 0 Å². The Hall–Kier alpha value is -2.71. The van der Waals surface area contributed by atoms with E-state index in [0.717, 1.165) is 54.7 Å². The molecule has 3 N–H and O–H groups in total. The van der Waals surface area contributed by atoms with Gasteiger partial charge in [-0.1, -0.05) is 0 Å². The molecule has 3 rings (SSSR count). The van der Waals surface area contributed by atoms with Crippen molar-refractivity contribution in [1.82, 2.24) is 20.2 Å². The van der Waals surface area contributed by atoms with Crippen molar-refractivity contribution in [2.75, 3.05) is 51.5 Å². The van der Waals surface area contributed by atoms with Crippen molar-refractivity contribution in [2.45, 2.75) is 25.3 Å². The number of rotatable bonds is 8. The lowest BCUT2D eigenvalue weighted by molar-refractivity contribution is -0.117. The van der Waals surface area contributed by atoms with Gasteiger partial charge in [-0.15, -0.1) is 0 Å². The van der Waals surface area contributed by atoms with Crippen LogP contribution in [-0.4, -0.2) is 61.6 Å². The molecule has 1 saturated heterocycles. The highest BCUT2D eigenvalue weighted by molar-refractivity contribution is 5.92. The maximum Gasteiger partial charge on any atom is 0.238 e. The Morgan fingerprint density at radius 2 is 2.10 bits per heavy atom. The second kappa shape index (κ2) is 10.2. The van der Waals surface area contributed by atoms with Crippen molar-refractivity contribution in [2.24, 2.45) is 0 Å². The first kappa shape index (κ1) is 21.0. The molecule has 8 heteroatoms. The summed E-state index contributed by atoms with van der Waals surface area (Å²) in [5, 5.41) is 9.46. The molecule has 1 aromatic carbocycles. The second-order valence-electron chi connectivity index (χ2n) is 7.34. The molecule has 1 fully saturated rings. The molecule has 1 amide bonds. The monoisotopic (exact) mass is 398 g/mol. The van der Waals surface area contributed by atoms with Gasteiger partial charge in [0.25, 0.3) is 0 Å². The van der Waals surface area contributed by atoms with Gasteiger partial charge in [-0.2, -0.15) is 0 Å². The smallest absolute Gasteiger partial charge is 0.238 e. The molecule has 1 unspecified atom stereocenters. The third-order valence-electron chi connectivity index (χ3n) is 4.96. The number of methoxy groups -OCH3 is 1. The molecule has 2 aromatic rings. The fraction of sp³-hybridized carbons (Fsp3) is 0.476. The largest absolute Gasteiger partial charge is 0.497 e. The van der Waals surface area contributed by atoms with Gasteiger partial charge in [0.15, 0.2) is 0 Å². The van der Waals surface area contributed by atoms with Crippen LogP contribution in [-0.2, 0) is 11.3 Å². The van der Waals surface area contributed by atoms with Crippen LogP contribution in [0.25, 0.3) is 0 Å². The zero-order chi connectivity index (χ0) is 20.6. The zero-order valence-electron chi connectivity index (χ0n) is 17.4. The topological polar surface area (TPSA) is 91.4 Å². The number of amides is 1. The van der Waals surface area contributed by atoms with Crippen LogP contribution in [0.4, 0.5) is 11.5 Å². The van der Waals surface area contributed by atoms with Gasteiger partial charge in [0.05, 0.1) is 25.9 Å². The van der Waals surface area contributed by atoms with Crippen molar-refractivity contribution in [3.63, 3.8) is 0 Å². The minimum Gasteiger partial charge on any atom is -0.497 e. The minimum atomic E-state index is -0.0841. The lowest BCUT2D eigenvalue weighted by Crippen LogP contribution is -2.31. The summed E-state index contributed by atoms with van der Waals surface area (Å²) < 4.78 is 5.13. The Bertz CT molecular complexity index is 805. The molecule has 1 aliphatic rings. The molecule has 8 nitrogen and oxygen atoms in total. The maximum absolute atomic E-state index is 12.4. The van der Waals surface area contributed by atoms with Crippen molar-refractivity contribution < 1.29 is 9.53 Å². The second-order valence-corrected chi connectivity index (χ2v) is 7.34. The number of hydrogen-bond donors (Lipinski definition) is 3. The number of anilines is 2. The summed E-state index contributed by atoms with van der Waals surface area (Å²) in [4.78, 5) is 23.6. The lowest BCUT2D eigenvalue weighted by Gasteiger charge is -2.23. The third kappa shape index (κ3) is 6.13. The Balaban J connectivity index is 1.59. The standard InChI is InChI=1S/C21H30N6O2/c1-22-19-11-18(15-5-4-10-23-12-15)25-20(26-19)13-27(2)14-21(28)24-16-6-8-17(29-3)9-7-16/h6-9,11,15,23H,4-5,10,12-14H2,1-3H3,(H,24,28)(H,22,25,26). The van der Waals surface area contributed by atoms with Gasteiger partial charge in [-0.25, -0.2) is 9.97 Å². The predicted octanol–water partition coefficient (Wildman–Crippen LogP) is 2.06.